The van der Waals surface area contributed by atoms with E-state index in [1.165, 1.54) is 99.4 Å². The number of benzene rings is 8. The maximum absolute atomic E-state index is 7.14. The van der Waals surface area contributed by atoms with Gasteiger partial charge in [0.15, 0.2) is 5.58 Å². The van der Waals surface area contributed by atoms with E-state index in [1.807, 2.05) is 0 Å². The molecule has 3 aliphatic rings. The van der Waals surface area contributed by atoms with Crippen LogP contribution in [0.4, 0.5) is 11.4 Å². The fourth-order valence-electron chi connectivity index (χ4n) is 11.5. The highest BCUT2D eigenvalue weighted by Gasteiger charge is 2.47. The number of para-hydroxylation sites is 1. The Bertz CT molecular complexity index is 3600. The molecular formula is C57H47BN2O. The molecule has 8 aromatic carbocycles. The standard InChI is InChI=1S/C57H47BN2O/c1-55(2,3)33-22-26-47-40(27-33)41-28-34(56(4,5)6)29-46-52(41)59(47)53-51-43(31-42-38-18-12-14-20-49(38)61-54(42)53)50-36-16-10-9-15-32(36)21-25-48(50)60(58(46)51)35-23-24-45-39(30-35)37-17-11-13-19-44(37)57(45,7)8/h9-31H,1-8H3. The highest BCUT2D eigenvalue weighted by molar-refractivity contribution is 6.94. The van der Waals surface area contributed by atoms with Crippen LogP contribution in [0.1, 0.15) is 77.6 Å². The second-order valence-electron chi connectivity index (χ2n) is 20.5. The summed E-state index contributed by atoms with van der Waals surface area (Å²) in [6.45, 7) is 18.7. The third-order valence-electron chi connectivity index (χ3n) is 14.6. The Kier molecular flexibility index (Phi) is 6.61. The van der Waals surface area contributed by atoms with Gasteiger partial charge >= 0.3 is 6.85 Å². The zero-order chi connectivity index (χ0) is 41.5. The summed E-state index contributed by atoms with van der Waals surface area (Å²) >= 11 is 0. The van der Waals surface area contributed by atoms with Crippen molar-refractivity contribution in [3.63, 3.8) is 0 Å². The third-order valence-corrected chi connectivity index (χ3v) is 14.6. The summed E-state index contributed by atoms with van der Waals surface area (Å²) in [6, 6.07) is 53.3. The Labute approximate surface area is 357 Å². The number of anilines is 2. The van der Waals surface area contributed by atoms with Gasteiger partial charge in [-0.2, -0.15) is 0 Å². The second-order valence-corrected chi connectivity index (χ2v) is 20.5. The topological polar surface area (TPSA) is 21.3 Å². The summed E-state index contributed by atoms with van der Waals surface area (Å²) in [5.41, 5.74) is 21.1. The first kappa shape index (κ1) is 35.3. The van der Waals surface area contributed by atoms with E-state index in [1.54, 1.807) is 0 Å². The number of hydrogen-bond acceptors (Lipinski definition) is 2. The van der Waals surface area contributed by atoms with Gasteiger partial charge in [-0.3, -0.25) is 0 Å². The van der Waals surface area contributed by atoms with Gasteiger partial charge in [0.2, 0.25) is 0 Å². The van der Waals surface area contributed by atoms with Crippen LogP contribution in [-0.4, -0.2) is 11.4 Å². The molecule has 0 saturated carbocycles. The molecule has 0 atom stereocenters. The molecule has 10 aromatic rings. The molecule has 0 bridgehead atoms. The van der Waals surface area contributed by atoms with Crippen LogP contribution in [0, 0.1) is 0 Å². The molecule has 0 saturated heterocycles. The number of rotatable bonds is 1. The van der Waals surface area contributed by atoms with Gasteiger partial charge in [0.05, 0.1) is 16.7 Å². The first-order chi connectivity index (χ1) is 29.3. The number of fused-ring (bicyclic) bond motifs is 16. The molecule has 3 nitrogen and oxygen atoms in total. The van der Waals surface area contributed by atoms with Crippen molar-refractivity contribution in [2.24, 2.45) is 0 Å². The van der Waals surface area contributed by atoms with Crippen molar-refractivity contribution in [1.29, 1.82) is 0 Å². The number of aromatic nitrogens is 1. The van der Waals surface area contributed by atoms with Crippen LogP contribution in [-0.2, 0) is 16.2 Å². The zero-order valence-corrected chi connectivity index (χ0v) is 36.2. The lowest BCUT2D eigenvalue weighted by molar-refractivity contribution is 0.590. The molecule has 13 rings (SSSR count). The van der Waals surface area contributed by atoms with Gasteiger partial charge in [0.25, 0.3) is 0 Å². The number of hydrogen-bond donors (Lipinski definition) is 0. The molecule has 4 heteroatoms. The Morgan fingerprint density at radius 1 is 0.557 bits per heavy atom. The number of nitrogens with zero attached hydrogens (tertiary/aromatic N) is 2. The van der Waals surface area contributed by atoms with E-state index >= 15 is 0 Å². The van der Waals surface area contributed by atoms with E-state index in [9.17, 15) is 0 Å². The number of furan rings is 1. The highest BCUT2D eigenvalue weighted by atomic mass is 16.3. The Balaban J connectivity index is 1.25. The van der Waals surface area contributed by atoms with Crippen LogP contribution in [0.2, 0.25) is 0 Å². The Morgan fingerprint density at radius 2 is 1.28 bits per heavy atom. The molecule has 61 heavy (non-hydrogen) atoms. The van der Waals surface area contributed by atoms with Crippen molar-refractivity contribution in [1.82, 2.24) is 4.57 Å². The predicted molar refractivity (Wildman–Crippen MR) is 260 cm³/mol. The molecule has 0 N–H and O–H groups in total. The fraction of sp³-hybridized carbons (Fsp3) is 0.193. The second kappa shape index (κ2) is 11.4. The lowest BCUT2D eigenvalue weighted by Gasteiger charge is -2.43. The maximum atomic E-state index is 7.14. The molecule has 2 aromatic heterocycles. The molecule has 0 radical (unpaired) electrons. The first-order valence-corrected chi connectivity index (χ1v) is 22.0. The van der Waals surface area contributed by atoms with Gasteiger partial charge < -0.3 is 13.8 Å². The lowest BCUT2D eigenvalue weighted by atomic mass is 9.43. The molecule has 294 valence electrons. The minimum Gasteiger partial charge on any atom is -0.454 e. The molecular weight excluding hydrogens is 739 g/mol. The van der Waals surface area contributed by atoms with Crippen LogP contribution in [0.3, 0.4) is 0 Å². The van der Waals surface area contributed by atoms with Crippen LogP contribution in [0.5, 0.6) is 0 Å². The van der Waals surface area contributed by atoms with Crippen molar-refractivity contribution in [2.75, 3.05) is 4.81 Å². The summed E-state index contributed by atoms with van der Waals surface area (Å²) in [7, 11) is 0. The van der Waals surface area contributed by atoms with Crippen molar-refractivity contribution in [3.8, 4) is 27.9 Å². The molecule has 0 fully saturated rings. The van der Waals surface area contributed by atoms with E-state index in [0.717, 1.165) is 27.6 Å². The van der Waals surface area contributed by atoms with Crippen molar-refractivity contribution in [3.05, 3.63) is 162 Å². The quantitative estimate of drug-likeness (QED) is 0.155. The molecule has 0 spiro atoms. The van der Waals surface area contributed by atoms with Crippen LogP contribution >= 0.6 is 0 Å². The summed E-state index contributed by atoms with van der Waals surface area (Å²) in [5.74, 6) is 0. The van der Waals surface area contributed by atoms with Crippen molar-refractivity contribution in [2.45, 2.75) is 71.6 Å². The molecule has 4 heterocycles. The van der Waals surface area contributed by atoms with Gasteiger partial charge in [0.1, 0.15) is 5.58 Å². The van der Waals surface area contributed by atoms with Crippen LogP contribution < -0.4 is 15.7 Å². The van der Waals surface area contributed by atoms with Gasteiger partial charge in [-0.15, -0.1) is 0 Å². The van der Waals surface area contributed by atoms with Crippen LogP contribution in [0.25, 0.3) is 82.5 Å². The molecule has 1 aliphatic carbocycles. The van der Waals surface area contributed by atoms with Crippen molar-refractivity contribution < 1.29 is 4.42 Å². The van der Waals surface area contributed by atoms with E-state index in [4.69, 9.17) is 4.42 Å². The minimum absolute atomic E-state index is 0.00392. The lowest BCUT2D eigenvalue weighted by Crippen LogP contribution is -2.60. The summed E-state index contributed by atoms with van der Waals surface area (Å²) in [5, 5.41) is 7.40. The van der Waals surface area contributed by atoms with Gasteiger partial charge in [-0.05, 0) is 120 Å². The average molecular weight is 787 g/mol. The van der Waals surface area contributed by atoms with E-state index < -0.39 is 0 Å². The summed E-state index contributed by atoms with van der Waals surface area (Å²) in [4.78, 5) is 2.69. The molecule has 0 unspecified atom stereocenters. The van der Waals surface area contributed by atoms with E-state index in [2.05, 4.69) is 204 Å². The third kappa shape index (κ3) is 4.50. The Hall–Kier alpha value is -6.52. The molecule has 2 aliphatic heterocycles. The van der Waals surface area contributed by atoms with Gasteiger partial charge in [-0.1, -0.05) is 146 Å². The first-order valence-electron chi connectivity index (χ1n) is 22.0. The fourth-order valence-corrected chi connectivity index (χ4v) is 11.5. The maximum Gasteiger partial charge on any atom is 0.333 e. The predicted octanol–water partition coefficient (Wildman–Crippen LogP) is 14.0. The minimum atomic E-state index is -0.136. The van der Waals surface area contributed by atoms with Gasteiger partial charge in [-0.25, -0.2) is 0 Å². The smallest absolute Gasteiger partial charge is 0.333 e. The largest absolute Gasteiger partial charge is 0.454 e. The van der Waals surface area contributed by atoms with E-state index in [0.29, 0.717) is 0 Å². The van der Waals surface area contributed by atoms with Crippen LogP contribution in [0.15, 0.2) is 144 Å². The SMILES string of the molecule is CC(C)(C)c1ccc2c(c1)c1cc(C(C)(C)C)cc3c1n2-c1c2c(cc4c1oc1ccccc14)-c1c(ccc4ccccc14)N(c1ccc4c(c1)-c1ccccc1C4(C)C)B23. The molecule has 0 amide bonds. The Morgan fingerprint density at radius 3 is 2.10 bits per heavy atom. The van der Waals surface area contributed by atoms with Crippen molar-refractivity contribution >= 4 is 83.7 Å². The average Bonchev–Trinajstić information content (AvgIpc) is 3.86. The summed E-state index contributed by atoms with van der Waals surface area (Å²) in [6.07, 6.45) is 0. The van der Waals surface area contributed by atoms with E-state index in [-0.39, 0.29) is 23.1 Å². The zero-order valence-electron chi connectivity index (χ0n) is 36.2. The summed E-state index contributed by atoms with van der Waals surface area (Å²) < 4.78 is 9.73. The highest BCUT2D eigenvalue weighted by Crippen LogP contribution is 2.53. The normalized spacial score (nSPS) is 15.0. The van der Waals surface area contributed by atoms with Gasteiger partial charge in [0, 0.05) is 43.9 Å². The monoisotopic (exact) mass is 786 g/mol.